The van der Waals surface area contributed by atoms with Crippen molar-refractivity contribution in [1.29, 1.82) is 0 Å². The smallest absolute Gasteiger partial charge is 0.203 e. The van der Waals surface area contributed by atoms with Crippen molar-refractivity contribution in [2.75, 3.05) is 55.1 Å². The van der Waals surface area contributed by atoms with Crippen LogP contribution in [0.1, 0.15) is 5.56 Å². The Balaban J connectivity index is 1.62. The summed E-state index contributed by atoms with van der Waals surface area (Å²) < 4.78 is 45.3. The van der Waals surface area contributed by atoms with Crippen molar-refractivity contribution in [2.45, 2.75) is 6.54 Å². The molecule has 5 aromatic rings. The van der Waals surface area contributed by atoms with Gasteiger partial charge < -0.3 is 42.9 Å². The van der Waals surface area contributed by atoms with E-state index in [1.54, 1.807) is 49.8 Å². The standard InChI is InChI=1S/C34H35NO8/c1-36-24-11-9-21(10-12-24)32-31(22-15-27(37-2)33(41-6)28(16-22)38-3)25-14-20(8-13-26(25)43-32)19-35-23-17-29(39-4)34(42-7)30(18-23)40-5/h8-18,35H,19H2,1-7H3. The molecule has 1 aromatic heterocycles. The van der Waals surface area contributed by atoms with Crippen LogP contribution in [0.2, 0.25) is 0 Å². The Morgan fingerprint density at radius 1 is 0.558 bits per heavy atom. The highest BCUT2D eigenvalue weighted by molar-refractivity contribution is 6.02. The molecule has 9 heteroatoms. The number of hydrogen-bond acceptors (Lipinski definition) is 9. The lowest BCUT2D eigenvalue weighted by molar-refractivity contribution is 0.324. The molecule has 0 aliphatic heterocycles. The summed E-state index contributed by atoms with van der Waals surface area (Å²) in [6.45, 7) is 0.534. The Hall–Kier alpha value is -5.18. The zero-order chi connectivity index (χ0) is 30.5. The van der Waals surface area contributed by atoms with Crippen LogP contribution in [0.5, 0.6) is 40.2 Å². The molecule has 1 heterocycles. The molecule has 43 heavy (non-hydrogen) atoms. The van der Waals surface area contributed by atoms with Gasteiger partial charge in [-0.2, -0.15) is 0 Å². The fourth-order valence-corrected chi connectivity index (χ4v) is 5.10. The monoisotopic (exact) mass is 585 g/mol. The number of hydrogen-bond donors (Lipinski definition) is 1. The van der Waals surface area contributed by atoms with Crippen LogP contribution in [0.15, 0.2) is 71.1 Å². The number of benzene rings is 4. The number of furan rings is 1. The predicted octanol–water partition coefficient (Wildman–Crippen LogP) is 7.44. The third-order valence-corrected chi connectivity index (χ3v) is 7.22. The number of fused-ring (bicyclic) bond motifs is 1. The van der Waals surface area contributed by atoms with Gasteiger partial charge in [-0.1, -0.05) is 6.07 Å². The van der Waals surface area contributed by atoms with E-state index in [2.05, 4.69) is 11.4 Å². The van der Waals surface area contributed by atoms with Crippen LogP contribution in [0, 0.1) is 0 Å². The second-order valence-corrected chi connectivity index (χ2v) is 9.55. The second-order valence-electron chi connectivity index (χ2n) is 9.55. The summed E-state index contributed by atoms with van der Waals surface area (Å²) in [6.07, 6.45) is 0. The fourth-order valence-electron chi connectivity index (χ4n) is 5.10. The Labute approximate surface area is 250 Å². The van der Waals surface area contributed by atoms with E-state index >= 15 is 0 Å². The molecule has 0 amide bonds. The average molecular weight is 586 g/mol. The molecule has 1 N–H and O–H groups in total. The summed E-state index contributed by atoms with van der Waals surface area (Å²) in [5.41, 5.74) is 5.26. The molecule has 0 saturated heterocycles. The van der Waals surface area contributed by atoms with Gasteiger partial charge in [0.1, 0.15) is 17.1 Å². The van der Waals surface area contributed by atoms with Gasteiger partial charge >= 0.3 is 0 Å². The van der Waals surface area contributed by atoms with Crippen LogP contribution < -0.4 is 38.5 Å². The van der Waals surface area contributed by atoms with Crippen LogP contribution in [-0.4, -0.2) is 49.8 Å². The molecule has 0 spiro atoms. The Kier molecular flexibility index (Phi) is 8.71. The molecular formula is C34H35NO8. The van der Waals surface area contributed by atoms with E-state index in [4.69, 9.17) is 37.6 Å². The van der Waals surface area contributed by atoms with E-state index < -0.39 is 0 Å². The largest absolute Gasteiger partial charge is 0.497 e. The molecule has 0 saturated carbocycles. The van der Waals surface area contributed by atoms with Crippen molar-refractivity contribution < 1.29 is 37.6 Å². The Bertz CT molecular complexity index is 1680. The average Bonchev–Trinajstić information content (AvgIpc) is 3.44. The topological polar surface area (TPSA) is 89.8 Å². The van der Waals surface area contributed by atoms with E-state index in [1.807, 2.05) is 60.7 Å². The molecule has 5 rings (SSSR count). The lowest BCUT2D eigenvalue weighted by Crippen LogP contribution is -2.02. The third-order valence-electron chi connectivity index (χ3n) is 7.22. The number of ether oxygens (including phenoxy) is 7. The van der Waals surface area contributed by atoms with Crippen LogP contribution >= 0.6 is 0 Å². The zero-order valence-corrected chi connectivity index (χ0v) is 25.3. The quantitative estimate of drug-likeness (QED) is 0.160. The normalized spacial score (nSPS) is 10.8. The fraction of sp³-hybridized carbons (Fsp3) is 0.235. The molecule has 0 fully saturated rings. The summed E-state index contributed by atoms with van der Waals surface area (Å²) in [5, 5.41) is 4.41. The molecule has 224 valence electrons. The molecule has 0 aliphatic rings. The zero-order valence-electron chi connectivity index (χ0n) is 25.3. The number of rotatable bonds is 12. The molecule has 0 atom stereocenters. The van der Waals surface area contributed by atoms with Crippen molar-refractivity contribution in [2.24, 2.45) is 0 Å². The second kappa shape index (κ2) is 12.8. The third kappa shape index (κ3) is 5.66. The van der Waals surface area contributed by atoms with Crippen molar-refractivity contribution in [3.05, 3.63) is 72.3 Å². The lowest BCUT2D eigenvalue weighted by Gasteiger charge is -2.15. The van der Waals surface area contributed by atoms with E-state index in [-0.39, 0.29) is 0 Å². The number of nitrogens with one attached hydrogen (secondary N) is 1. The van der Waals surface area contributed by atoms with Crippen LogP contribution in [0.3, 0.4) is 0 Å². The van der Waals surface area contributed by atoms with Gasteiger partial charge in [-0.05, 0) is 59.7 Å². The highest BCUT2D eigenvalue weighted by Gasteiger charge is 2.22. The van der Waals surface area contributed by atoms with Crippen LogP contribution in [-0.2, 0) is 6.54 Å². The lowest BCUT2D eigenvalue weighted by atomic mass is 9.97. The first-order valence-electron chi connectivity index (χ1n) is 13.5. The van der Waals surface area contributed by atoms with Gasteiger partial charge in [0.25, 0.3) is 0 Å². The molecule has 9 nitrogen and oxygen atoms in total. The molecule has 4 aromatic carbocycles. The maximum atomic E-state index is 6.50. The summed E-state index contributed by atoms with van der Waals surface area (Å²) in [5.74, 6) is 4.77. The van der Waals surface area contributed by atoms with Gasteiger partial charge in [-0.15, -0.1) is 0 Å². The number of methoxy groups -OCH3 is 7. The highest BCUT2D eigenvalue weighted by atomic mass is 16.5. The highest BCUT2D eigenvalue weighted by Crippen LogP contribution is 2.47. The minimum absolute atomic E-state index is 0.516. The van der Waals surface area contributed by atoms with Gasteiger partial charge in [0.2, 0.25) is 11.5 Å². The minimum atomic E-state index is 0.516. The number of anilines is 1. The van der Waals surface area contributed by atoms with Crippen molar-refractivity contribution in [1.82, 2.24) is 0 Å². The van der Waals surface area contributed by atoms with Crippen LogP contribution in [0.4, 0.5) is 5.69 Å². The van der Waals surface area contributed by atoms with E-state index in [0.29, 0.717) is 46.8 Å². The van der Waals surface area contributed by atoms with E-state index in [0.717, 1.165) is 44.7 Å². The van der Waals surface area contributed by atoms with Gasteiger partial charge in [0, 0.05) is 40.9 Å². The minimum Gasteiger partial charge on any atom is -0.497 e. The first-order chi connectivity index (χ1) is 21.0. The molecular weight excluding hydrogens is 550 g/mol. The van der Waals surface area contributed by atoms with Gasteiger partial charge in [0.15, 0.2) is 23.0 Å². The van der Waals surface area contributed by atoms with Crippen molar-refractivity contribution in [3.63, 3.8) is 0 Å². The summed E-state index contributed by atoms with van der Waals surface area (Å²) in [7, 11) is 11.2. The van der Waals surface area contributed by atoms with E-state index in [9.17, 15) is 0 Å². The Morgan fingerprint density at radius 3 is 1.63 bits per heavy atom. The summed E-state index contributed by atoms with van der Waals surface area (Å²) in [6, 6.07) is 21.5. The van der Waals surface area contributed by atoms with Gasteiger partial charge in [-0.3, -0.25) is 0 Å². The van der Waals surface area contributed by atoms with Gasteiger partial charge in [-0.25, -0.2) is 0 Å². The van der Waals surface area contributed by atoms with Crippen molar-refractivity contribution >= 4 is 16.7 Å². The van der Waals surface area contributed by atoms with Crippen molar-refractivity contribution in [3.8, 4) is 62.7 Å². The first kappa shape index (κ1) is 29.3. The molecule has 0 radical (unpaired) electrons. The summed E-state index contributed by atoms with van der Waals surface area (Å²) >= 11 is 0. The molecule has 0 unspecified atom stereocenters. The summed E-state index contributed by atoms with van der Waals surface area (Å²) in [4.78, 5) is 0. The Morgan fingerprint density at radius 2 is 1.12 bits per heavy atom. The SMILES string of the molecule is COc1ccc(-c2oc3ccc(CNc4cc(OC)c(OC)c(OC)c4)cc3c2-c2cc(OC)c(OC)c(OC)c2)cc1. The van der Waals surface area contributed by atoms with Crippen LogP contribution in [0.25, 0.3) is 33.4 Å². The predicted molar refractivity (Wildman–Crippen MR) is 167 cm³/mol. The maximum Gasteiger partial charge on any atom is 0.203 e. The molecule has 0 bridgehead atoms. The maximum absolute atomic E-state index is 6.50. The van der Waals surface area contributed by atoms with Gasteiger partial charge in [0.05, 0.1) is 49.8 Å². The molecule has 0 aliphatic carbocycles. The first-order valence-corrected chi connectivity index (χ1v) is 13.5. The van der Waals surface area contributed by atoms with E-state index in [1.165, 1.54) is 0 Å².